The van der Waals surface area contributed by atoms with Gasteiger partial charge in [-0.3, -0.25) is 4.79 Å². The van der Waals surface area contributed by atoms with Gasteiger partial charge in [0.2, 0.25) is 5.91 Å². The number of rotatable bonds is 5. The number of H-pyrrole nitrogens is 1. The van der Waals surface area contributed by atoms with Gasteiger partial charge < -0.3 is 15.0 Å². The van der Waals surface area contributed by atoms with Crippen molar-refractivity contribution in [2.75, 3.05) is 5.32 Å². The molecule has 0 fully saturated rings. The second-order valence-corrected chi connectivity index (χ2v) is 6.53. The Kier molecular flexibility index (Phi) is 4.62. The number of carbonyl (C=O) groups is 1. The predicted octanol–water partition coefficient (Wildman–Crippen LogP) is 5.45. The van der Waals surface area contributed by atoms with Crippen LogP contribution in [0.2, 0.25) is 0 Å². The van der Waals surface area contributed by atoms with Crippen LogP contribution in [-0.2, 0) is 11.2 Å². The SMILES string of the molecule is Cc1cccc(Oc2ccc(NC(=O)Cc3c[nH]c4ccccc34)cc2)c1. The molecule has 3 aromatic carbocycles. The van der Waals surface area contributed by atoms with Crippen LogP contribution < -0.4 is 10.1 Å². The van der Waals surface area contributed by atoms with Crippen molar-refractivity contribution in [3.05, 3.63) is 90.1 Å². The maximum absolute atomic E-state index is 12.4. The van der Waals surface area contributed by atoms with Crippen LogP contribution in [0, 0.1) is 6.92 Å². The van der Waals surface area contributed by atoms with E-state index in [1.165, 1.54) is 0 Å². The van der Waals surface area contributed by atoms with E-state index in [0.29, 0.717) is 6.42 Å². The molecule has 0 saturated carbocycles. The van der Waals surface area contributed by atoms with Gasteiger partial charge >= 0.3 is 0 Å². The third-order valence-corrected chi connectivity index (χ3v) is 4.39. The van der Waals surface area contributed by atoms with Gasteiger partial charge in [-0.05, 0) is 60.5 Å². The number of para-hydroxylation sites is 1. The number of aromatic amines is 1. The minimum absolute atomic E-state index is 0.0490. The molecule has 0 aliphatic rings. The first-order valence-corrected chi connectivity index (χ1v) is 8.87. The summed E-state index contributed by atoms with van der Waals surface area (Å²) in [6.45, 7) is 2.03. The third kappa shape index (κ3) is 4.01. The van der Waals surface area contributed by atoms with Crippen molar-refractivity contribution in [1.29, 1.82) is 0 Å². The minimum Gasteiger partial charge on any atom is -0.457 e. The van der Waals surface area contributed by atoms with Crippen molar-refractivity contribution in [2.45, 2.75) is 13.3 Å². The summed E-state index contributed by atoms with van der Waals surface area (Å²) in [5.74, 6) is 1.48. The summed E-state index contributed by atoms with van der Waals surface area (Å²) in [5.41, 5.74) is 3.92. The molecule has 0 aliphatic heterocycles. The standard InChI is InChI=1S/C23H20N2O2/c1-16-5-4-6-20(13-16)27-19-11-9-18(10-12-19)25-23(26)14-17-15-24-22-8-3-2-7-21(17)22/h2-13,15,24H,14H2,1H3,(H,25,26). The van der Waals surface area contributed by atoms with Gasteiger partial charge in [-0.1, -0.05) is 30.3 Å². The second kappa shape index (κ2) is 7.38. The van der Waals surface area contributed by atoms with Crippen LogP contribution in [0.4, 0.5) is 5.69 Å². The summed E-state index contributed by atoms with van der Waals surface area (Å²) in [6, 6.07) is 23.3. The first kappa shape index (κ1) is 16.9. The summed E-state index contributed by atoms with van der Waals surface area (Å²) in [6.07, 6.45) is 2.22. The first-order valence-electron chi connectivity index (χ1n) is 8.87. The lowest BCUT2D eigenvalue weighted by atomic mass is 10.1. The van der Waals surface area contributed by atoms with E-state index in [2.05, 4.69) is 10.3 Å². The lowest BCUT2D eigenvalue weighted by molar-refractivity contribution is -0.115. The lowest BCUT2D eigenvalue weighted by Gasteiger charge is -2.08. The smallest absolute Gasteiger partial charge is 0.228 e. The van der Waals surface area contributed by atoms with E-state index < -0.39 is 0 Å². The number of benzene rings is 3. The summed E-state index contributed by atoms with van der Waals surface area (Å²) < 4.78 is 5.84. The highest BCUT2D eigenvalue weighted by Gasteiger charge is 2.09. The number of fused-ring (bicyclic) bond motifs is 1. The maximum atomic E-state index is 12.4. The fourth-order valence-electron chi connectivity index (χ4n) is 3.08. The molecular formula is C23H20N2O2. The summed E-state index contributed by atoms with van der Waals surface area (Å²) in [5, 5.41) is 4.02. The normalized spacial score (nSPS) is 10.7. The van der Waals surface area contributed by atoms with Gasteiger partial charge in [-0.25, -0.2) is 0 Å². The number of hydrogen-bond donors (Lipinski definition) is 2. The highest BCUT2D eigenvalue weighted by Crippen LogP contribution is 2.24. The molecule has 4 nitrogen and oxygen atoms in total. The molecule has 0 radical (unpaired) electrons. The van der Waals surface area contributed by atoms with Crippen LogP contribution in [0.3, 0.4) is 0 Å². The van der Waals surface area contributed by atoms with Gasteiger partial charge in [-0.2, -0.15) is 0 Å². The fourth-order valence-corrected chi connectivity index (χ4v) is 3.08. The number of nitrogens with one attached hydrogen (secondary N) is 2. The third-order valence-electron chi connectivity index (χ3n) is 4.39. The number of aryl methyl sites for hydroxylation is 1. The highest BCUT2D eigenvalue weighted by atomic mass is 16.5. The molecule has 0 saturated heterocycles. The molecule has 1 heterocycles. The first-order chi connectivity index (χ1) is 13.2. The Morgan fingerprint density at radius 2 is 1.78 bits per heavy atom. The zero-order valence-corrected chi connectivity index (χ0v) is 15.0. The Bertz CT molecular complexity index is 1080. The van der Waals surface area contributed by atoms with E-state index in [0.717, 1.165) is 39.2 Å². The molecule has 1 amide bonds. The van der Waals surface area contributed by atoms with Gasteiger partial charge in [0.15, 0.2) is 0 Å². The van der Waals surface area contributed by atoms with E-state index in [1.54, 1.807) is 0 Å². The average Bonchev–Trinajstić information content (AvgIpc) is 3.06. The Labute approximate surface area is 157 Å². The molecule has 1 aromatic heterocycles. The monoisotopic (exact) mass is 356 g/mol. The Morgan fingerprint density at radius 1 is 0.963 bits per heavy atom. The molecule has 27 heavy (non-hydrogen) atoms. The van der Waals surface area contributed by atoms with Crippen LogP contribution >= 0.6 is 0 Å². The number of carbonyl (C=O) groups excluding carboxylic acids is 1. The zero-order chi connectivity index (χ0) is 18.6. The molecule has 2 N–H and O–H groups in total. The van der Waals surface area contributed by atoms with Gasteiger partial charge in [0, 0.05) is 22.8 Å². The minimum atomic E-state index is -0.0490. The largest absolute Gasteiger partial charge is 0.457 e. The zero-order valence-electron chi connectivity index (χ0n) is 15.0. The summed E-state index contributed by atoms with van der Waals surface area (Å²) in [4.78, 5) is 15.6. The molecule has 134 valence electrons. The van der Waals surface area contributed by atoms with Crippen LogP contribution in [0.15, 0.2) is 79.0 Å². The van der Waals surface area contributed by atoms with Gasteiger partial charge in [0.25, 0.3) is 0 Å². The fraction of sp³-hybridized carbons (Fsp3) is 0.0870. The molecular weight excluding hydrogens is 336 g/mol. The van der Waals surface area contributed by atoms with Crippen LogP contribution in [0.5, 0.6) is 11.5 Å². The Balaban J connectivity index is 1.40. The highest BCUT2D eigenvalue weighted by molar-refractivity contribution is 5.95. The molecule has 4 rings (SSSR count). The lowest BCUT2D eigenvalue weighted by Crippen LogP contribution is -2.14. The van der Waals surface area contributed by atoms with Crippen LogP contribution in [0.1, 0.15) is 11.1 Å². The van der Waals surface area contributed by atoms with Crippen molar-refractivity contribution in [3.8, 4) is 11.5 Å². The van der Waals surface area contributed by atoms with Gasteiger partial charge in [0.05, 0.1) is 6.42 Å². The van der Waals surface area contributed by atoms with Crippen LogP contribution in [0.25, 0.3) is 10.9 Å². The molecule has 4 heteroatoms. The number of hydrogen-bond acceptors (Lipinski definition) is 2. The maximum Gasteiger partial charge on any atom is 0.228 e. The van der Waals surface area contributed by atoms with E-state index in [9.17, 15) is 4.79 Å². The summed E-state index contributed by atoms with van der Waals surface area (Å²) >= 11 is 0. The number of anilines is 1. The van der Waals surface area contributed by atoms with Gasteiger partial charge in [-0.15, -0.1) is 0 Å². The molecule has 0 bridgehead atoms. The van der Waals surface area contributed by atoms with E-state index >= 15 is 0 Å². The topological polar surface area (TPSA) is 54.1 Å². The molecule has 4 aromatic rings. The number of aromatic nitrogens is 1. The quantitative estimate of drug-likeness (QED) is 0.499. The Hall–Kier alpha value is -3.53. The average molecular weight is 356 g/mol. The molecule has 0 unspecified atom stereocenters. The van der Waals surface area contributed by atoms with Crippen molar-refractivity contribution < 1.29 is 9.53 Å². The summed E-state index contributed by atoms with van der Waals surface area (Å²) in [7, 11) is 0. The predicted molar refractivity (Wildman–Crippen MR) is 108 cm³/mol. The molecule has 0 spiro atoms. The van der Waals surface area contributed by atoms with Crippen molar-refractivity contribution in [2.24, 2.45) is 0 Å². The second-order valence-electron chi connectivity index (χ2n) is 6.53. The molecule has 0 atom stereocenters. The van der Waals surface area contributed by atoms with Crippen molar-refractivity contribution >= 4 is 22.5 Å². The Morgan fingerprint density at radius 3 is 2.59 bits per heavy atom. The van der Waals surface area contributed by atoms with Crippen molar-refractivity contribution in [3.63, 3.8) is 0 Å². The number of amides is 1. The van der Waals surface area contributed by atoms with E-state index in [4.69, 9.17) is 4.74 Å². The van der Waals surface area contributed by atoms with E-state index in [-0.39, 0.29) is 5.91 Å². The van der Waals surface area contributed by atoms with Gasteiger partial charge in [0.1, 0.15) is 11.5 Å². The van der Waals surface area contributed by atoms with E-state index in [1.807, 2.05) is 85.9 Å². The number of ether oxygens (including phenoxy) is 1. The van der Waals surface area contributed by atoms with Crippen LogP contribution in [-0.4, -0.2) is 10.9 Å². The van der Waals surface area contributed by atoms with Crippen molar-refractivity contribution in [1.82, 2.24) is 4.98 Å². The molecule has 0 aliphatic carbocycles.